The molecule has 0 aromatic carbocycles. The maximum atomic E-state index is 11.9. The number of alkyl halides is 2. The van der Waals surface area contributed by atoms with Gasteiger partial charge in [0, 0.05) is 31.4 Å². The van der Waals surface area contributed by atoms with Gasteiger partial charge >= 0.3 is 6.03 Å². The minimum absolute atomic E-state index is 0.0878. The topological polar surface area (TPSA) is 59.0 Å². The highest BCUT2D eigenvalue weighted by Gasteiger charge is 2.19. The number of carbonyl (C=O) groups excluding carboxylic acids is 1. The van der Waals surface area contributed by atoms with Crippen molar-refractivity contribution in [2.45, 2.75) is 26.2 Å². The summed E-state index contributed by atoms with van der Waals surface area (Å²) in [6.07, 6.45) is -0.842. The van der Waals surface area contributed by atoms with Crippen LogP contribution in [0, 0.1) is 5.92 Å². The summed E-state index contributed by atoms with van der Waals surface area (Å²) in [6, 6.07) is 1.32. The number of aromatic nitrogens is 2. The van der Waals surface area contributed by atoms with E-state index in [1.54, 1.807) is 10.9 Å². The lowest BCUT2D eigenvalue weighted by atomic mass is 9.92. The zero-order chi connectivity index (χ0) is 14.4. The molecule has 1 rings (SSSR count). The first-order valence-corrected chi connectivity index (χ1v) is 6.19. The molecule has 5 nitrogen and oxygen atoms in total. The number of urea groups is 1. The number of hydrogen-bond acceptors (Lipinski definition) is 2. The molecule has 0 saturated carbocycles. The number of rotatable bonds is 6. The third-order valence-corrected chi connectivity index (χ3v) is 2.94. The predicted octanol–water partition coefficient (Wildman–Crippen LogP) is 1.72. The van der Waals surface area contributed by atoms with E-state index < -0.39 is 19.0 Å². The molecular formula is C12H20F2N4O. The van der Waals surface area contributed by atoms with Crippen LogP contribution in [0.4, 0.5) is 13.6 Å². The van der Waals surface area contributed by atoms with E-state index in [9.17, 15) is 13.6 Å². The number of hydrogen-bond donors (Lipinski definition) is 2. The summed E-state index contributed by atoms with van der Waals surface area (Å²) in [5.41, 5.74) is 1.00. The van der Waals surface area contributed by atoms with E-state index in [2.05, 4.69) is 15.7 Å². The van der Waals surface area contributed by atoms with Gasteiger partial charge in [0.2, 0.25) is 0 Å². The third-order valence-electron chi connectivity index (χ3n) is 2.94. The van der Waals surface area contributed by atoms with Crippen molar-refractivity contribution in [1.29, 1.82) is 0 Å². The van der Waals surface area contributed by atoms with Crippen LogP contribution in [0.2, 0.25) is 0 Å². The monoisotopic (exact) mass is 274 g/mol. The second-order valence-electron chi connectivity index (χ2n) is 4.71. The van der Waals surface area contributed by atoms with E-state index >= 15 is 0 Å². The number of nitrogens with zero attached hydrogens (tertiary/aromatic N) is 2. The van der Waals surface area contributed by atoms with Crippen LogP contribution in [0.15, 0.2) is 12.3 Å². The molecule has 7 heteroatoms. The van der Waals surface area contributed by atoms with Crippen molar-refractivity contribution in [3.63, 3.8) is 0 Å². The smallest absolute Gasteiger partial charge is 0.315 e. The molecule has 0 aliphatic carbocycles. The van der Waals surface area contributed by atoms with Crippen LogP contribution in [0.3, 0.4) is 0 Å². The summed E-state index contributed by atoms with van der Waals surface area (Å²) in [7, 11) is 1.83. The zero-order valence-electron chi connectivity index (χ0n) is 11.4. The number of amides is 2. The summed E-state index contributed by atoms with van der Waals surface area (Å²) in [5, 5.41) is 8.82. The second-order valence-corrected chi connectivity index (χ2v) is 4.71. The molecule has 2 N–H and O–H groups in total. The molecule has 1 heterocycles. The minimum Gasteiger partial charge on any atom is -0.337 e. The fourth-order valence-electron chi connectivity index (χ4n) is 1.86. The molecule has 0 aliphatic rings. The van der Waals surface area contributed by atoms with Crippen molar-refractivity contribution in [3.8, 4) is 0 Å². The van der Waals surface area contributed by atoms with Gasteiger partial charge in [0.25, 0.3) is 6.43 Å². The van der Waals surface area contributed by atoms with Gasteiger partial charge in [-0.2, -0.15) is 5.10 Å². The highest BCUT2D eigenvalue weighted by Crippen LogP contribution is 2.22. The molecule has 1 atom stereocenters. The molecule has 0 radical (unpaired) electrons. The van der Waals surface area contributed by atoms with Gasteiger partial charge in [-0.3, -0.25) is 4.68 Å². The van der Waals surface area contributed by atoms with E-state index in [1.165, 1.54) is 0 Å². The lowest BCUT2D eigenvalue weighted by molar-refractivity contribution is 0.146. The second kappa shape index (κ2) is 7.06. The Morgan fingerprint density at radius 2 is 2.00 bits per heavy atom. The zero-order valence-corrected chi connectivity index (χ0v) is 11.4. The number of aryl methyl sites for hydroxylation is 1. The van der Waals surface area contributed by atoms with Crippen LogP contribution in [0.5, 0.6) is 0 Å². The van der Waals surface area contributed by atoms with Gasteiger partial charge in [-0.1, -0.05) is 13.8 Å². The van der Waals surface area contributed by atoms with Crippen molar-refractivity contribution in [2.24, 2.45) is 13.0 Å². The van der Waals surface area contributed by atoms with Crippen molar-refractivity contribution < 1.29 is 13.6 Å². The maximum Gasteiger partial charge on any atom is 0.315 e. The molecule has 1 aromatic heterocycles. The third kappa shape index (κ3) is 4.84. The van der Waals surface area contributed by atoms with Gasteiger partial charge in [-0.15, -0.1) is 0 Å². The Labute approximate surface area is 111 Å². The molecule has 1 aromatic rings. The van der Waals surface area contributed by atoms with Crippen LogP contribution in [-0.4, -0.2) is 35.3 Å². The van der Waals surface area contributed by atoms with Crippen LogP contribution in [-0.2, 0) is 7.05 Å². The molecule has 0 unspecified atom stereocenters. The van der Waals surface area contributed by atoms with Crippen molar-refractivity contribution >= 4 is 6.03 Å². The molecule has 2 amide bonds. The quantitative estimate of drug-likeness (QED) is 0.830. The van der Waals surface area contributed by atoms with Crippen LogP contribution in [0.1, 0.15) is 25.5 Å². The summed E-state index contributed by atoms with van der Waals surface area (Å²) in [6.45, 7) is 3.82. The van der Waals surface area contributed by atoms with E-state index in [1.807, 2.05) is 27.0 Å². The molecular weight excluding hydrogens is 254 g/mol. The molecule has 108 valence electrons. The lowest BCUT2D eigenvalue weighted by Gasteiger charge is -2.21. The standard InChI is InChI=1S/C12H20F2N4O/c1-8(2)9(10-4-5-17-18(10)3)6-15-12(19)16-7-11(13)14/h4-5,8-9,11H,6-7H2,1-3H3,(H2,15,16,19)/t9-/m0/s1. The fraction of sp³-hybridized carbons (Fsp3) is 0.667. The van der Waals surface area contributed by atoms with Gasteiger partial charge in [0.1, 0.15) is 0 Å². The van der Waals surface area contributed by atoms with Gasteiger partial charge in [0.15, 0.2) is 0 Å². The van der Waals surface area contributed by atoms with Gasteiger partial charge in [-0.05, 0) is 12.0 Å². The molecule has 0 bridgehead atoms. The Hall–Kier alpha value is -1.66. The predicted molar refractivity (Wildman–Crippen MR) is 68.2 cm³/mol. The Kier molecular flexibility index (Phi) is 5.72. The minimum atomic E-state index is -2.54. The molecule has 0 fully saturated rings. The summed E-state index contributed by atoms with van der Waals surface area (Å²) in [5.74, 6) is 0.385. The van der Waals surface area contributed by atoms with Gasteiger partial charge in [0.05, 0.1) is 6.54 Å². The van der Waals surface area contributed by atoms with E-state index in [0.717, 1.165) is 5.69 Å². The molecule has 19 heavy (non-hydrogen) atoms. The maximum absolute atomic E-state index is 11.9. The van der Waals surface area contributed by atoms with E-state index in [-0.39, 0.29) is 5.92 Å². The molecule has 0 spiro atoms. The Bertz CT molecular complexity index is 406. The highest BCUT2D eigenvalue weighted by atomic mass is 19.3. The highest BCUT2D eigenvalue weighted by molar-refractivity contribution is 5.73. The van der Waals surface area contributed by atoms with Crippen molar-refractivity contribution in [3.05, 3.63) is 18.0 Å². The SMILES string of the molecule is CC(C)[C@H](CNC(=O)NCC(F)F)c1ccnn1C. The van der Waals surface area contributed by atoms with Gasteiger partial charge < -0.3 is 10.6 Å². The number of halogens is 2. The Morgan fingerprint density at radius 3 is 2.47 bits per heavy atom. The first-order chi connectivity index (χ1) is 8.91. The largest absolute Gasteiger partial charge is 0.337 e. The molecule has 0 aliphatic heterocycles. The summed E-state index contributed by atoms with van der Waals surface area (Å²) < 4.78 is 25.6. The fourth-order valence-corrected chi connectivity index (χ4v) is 1.86. The average Bonchev–Trinajstić information content (AvgIpc) is 2.73. The first kappa shape index (κ1) is 15.4. The average molecular weight is 274 g/mol. The first-order valence-electron chi connectivity index (χ1n) is 6.19. The number of nitrogens with one attached hydrogen (secondary N) is 2. The summed E-state index contributed by atoms with van der Waals surface area (Å²) >= 11 is 0. The number of carbonyl (C=O) groups is 1. The van der Waals surface area contributed by atoms with Crippen LogP contribution < -0.4 is 10.6 Å². The van der Waals surface area contributed by atoms with Gasteiger partial charge in [-0.25, -0.2) is 13.6 Å². The van der Waals surface area contributed by atoms with E-state index in [4.69, 9.17) is 0 Å². The van der Waals surface area contributed by atoms with Crippen LogP contribution in [0.25, 0.3) is 0 Å². The van der Waals surface area contributed by atoms with Crippen molar-refractivity contribution in [2.75, 3.05) is 13.1 Å². The molecule has 0 saturated heterocycles. The Morgan fingerprint density at radius 1 is 1.37 bits per heavy atom. The summed E-state index contributed by atoms with van der Waals surface area (Å²) in [4.78, 5) is 11.4. The Balaban J connectivity index is 2.52. The van der Waals surface area contributed by atoms with E-state index in [0.29, 0.717) is 12.5 Å². The van der Waals surface area contributed by atoms with Crippen molar-refractivity contribution in [1.82, 2.24) is 20.4 Å². The van der Waals surface area contributed by atoms with Crippen LogP contribution >= 0.6 is 0 Å². The lowest BCUT2D eigenvalue weighted by Crippen LogP contribution is -2.40. The normalized spacial score (nSPS) is 12.8.